The molecule has 0 radical (unpaired) electrons. The number of aromatic hydroxyl groups is 2. The SMILES string of the molecule is O=S(=O)(c1ccc(F)cc1)c1ccc(C(c2ccc(O)cc2)(c2ccc(O)cc2)C(F)(F)F)cc1. The molecule has 0 saturated carbocycles. The Hall–Kier alpha value is -3.85. The molecule has 0 amide bonds. The van der Waals surface area contributed by atoms with Gasteiger partial charge in [0.15, 0.2) is 0 Å². The number of rotatable bonds is 5. The number of hydrogen-bond donors (Lipinski definition) is 2. The van der Waals surface area contributed by atoms with Crippen molar-refractivity contribution in [1.82, 2.24) is 0 Å². The van der Waals surface area contributed by atoms with Crippen LogP contribution in [0.4, 0.5) is 17.6 Å². The maximum Gasteiger partial charge on any atom is 0.406 e. The second-order valence-electron chi connectivity index (χ2n) is 7.82. The topological polar surface area (TPSA) is 74.6 Å². The Labute approximate surface area is 198 Å². The summed E-state index contributed by atoms with van der Waals surface area (Å²) in [5, 5.41) is 19.3. The van der Waals surface area contributed by atoms with E-state index in [9.17, 15) is 36.2 Å². The quantitative estimate of drug-likeness (QED) is 0.200. The van der Waals surface area contributed by atoms with Gasteiger partial charge in [-0.05, 0) is 77.4 Å². The highest BCUT2D eigenvalue weighted by Crippen LogP contribution is 2.51. The lowest BCUT2D eigenvalue weighted by Gasteiger charge is -2.37. The Morgan fingerprint density at radius 3 is 1.20 bits per heavy atom. The summed E-state index contributed by atoms with van der Waals surface area (Å²) in [4.78, 5) is -0.467. The number of phenolic OH excluding ortho intramolecular Hbond substituents is 2. The van der Waals surface area contributed by atoms with E-state index in [0.29, 0.717) is 0 Å². The van der Waals surface area contributed by atoms with Crippen molar-refractivity contribution in [3.8, 4) is 11.5 Å². The predicted molar refractivity (Wildman–Crippen MR) is 120 cm³/mol. The highest BCUT2D eigenvalue weighted by atomic mass is 32.2. The summed E-state index contributed by atoms with van der Waals surface area (Å²) in [6.45, 7) is 0. The first-order valence-corrected chi connectivity index (χ1v) is 11.7. The van der Waals surface area contributed by atoms with Crippen LogP contribution >= 0.6 is 0 Å². The van der Waals surface area contributed by atoms with Crippen molar-refractivity contribution in [1.29, 1.82) is 0 Å². The minimum absolute atomic E-state index is 0.203. The van der Waals surface area contributed by atoms with Gasteiger partial charge < -0.3 is 10.2 Å². The smallest absolute Gasteiger partial charge is 0.406 e. The van der Waals surface area contributed by atoms with E-state index < -0.39 is 27.2 Å². The van der Waals surface area contributed by atoms with Crippen LogP contribution in [0, 0.1) is 5.82 Å². The molecule has 0 heterocycles. The molecule has 4 aromatic carbocycles. The van der Waals surface area contributed by atoms with Crippen LogP contribution in [-0.4, -0.2) is 24.8 Å². The minimum atomic E-state index is -4.90. The van der Waals surface area contributed by atoms with Crippen LogP contribution < -0.4 is 0 Å². The average Bonchev–Trinajstić information content (AvgIpc) is 2.81. The highest BCUT2D eigenvalue weighted by Gasteiger charge is 2.58. The largest absolute Gasteiger partial charge is 0.508 e. The van der Waals surface area contributed by atoms with Crippen LogP contribution in [0.25, 0.3) is 0 Å². The van der Waals surface area contributed by atoms with Crippen molar-refractivity contribution in [3.05, 3.63) is 120 Å². The monoisotopic (exact) mass is 502 g/mol. The van der Waals surface area contributed by atoms with Gasteiger partial charge in [-0.25, -0.2) is 12.8 Å². The normalized spacial score (nSPS) is 12.5. The van der Waals surface area contributed by atoms with E-state index in [2.05, 4.69) is 0 Å². The van der Waals surface area contributed by atoms with Gasteiger partial charge in [0.25, 0.3) is 0 Å². The summed E-state index contributed by atoms with van der Waals surface area (Å²) < 4.78 is 84.0. The maximum atomic E-state index is 15.0. The molecule has 4 aromatic rings. The van der Waals surface area contributed by atoms with Gasteiger partial charge >= 0.3 is 6.18 Å². The zero-order valence-electron chi connectivity index (χ0n) is 17.9. The van der Waals surface area contributed by atoms with Gasteiger partial charge in [-0.2, -0.15) is 13.2 Å². The lowest BCUT2D eigenvalue weighted by atomic mass is 9.69. The molecule has 0 aliphatic rings. The molecule has 35 heavy (non-hydrogen) atoms. The third-order valence-electron chi connectivity index (χ3n) is 5.75. The van der Waals surface area contributed by atoms with Crippen molar-refractivity contribution in [3.63, 3.8) is 0 Å². The van der Waals surface area contributed by atoms with Gasteiger partial charge in [0.1, 0.15) is 22.7 Å². The van der Waals surface area contributed by atoms with Crippen molar-refractivity contribution in [2.75, 3.05) is 0 Å². The predicted octanol–water partition coefficient (Wildman–Crippen LogP) is 5.97. The maximum absolute atomic E-state index is 15.0. The fourth-order valence-electron chi connectivity index (χ4n) is 4.05. The first-order chi connectivity index (χ1) is 16.5. The summed E-state index contributed by atoms with van der Waals surface area (Å²) in [6, 6.07) is 17.4. The third-order valence-corrected chi connectivity index (χ3v) is 7.53. The summed E-state index contributed by atoms with van der Waals surface area (Å²) >= 11 is 0. The van der Waals surface area contributed by atoms with E-state index in [4.69, 9.17) is 0 Å². The molecule has 0 unspecified atom stereocenters. The van der Waals surface area contributed by atoms with E-state index in [1.165, 1.54) is 0 Å². The Morgan fingerprint density at radius 2 is 0.857 bits per heavy atom. The second kappa shape index (κ2) is 8.74. The fourth-order valence-corrected chi connectivity index (χ4v) is 5.31. The Bertz CT molecular complexity index is 1380. The van der Waals surface area contributed by atoms with Gasteiger partial charge in [-0.3, -0.25) is 0 Å². The summed E-state index contributed by atoms with van der Waals surface area (Å²) in [5.41, 5.74) is -3.46. The molecule has 4 nitrogen and oxygen atoms in total. The van der Waals surface area contributed by atoms with E-state index >= 15 is 0 Å². The molecule has 2 N–H and O–H groups in total. The fraction of sp³-hybridized carbons (Fsp3) is 0.0769. The standard InChI is InChI=1S/C26H18F4O4S/c27-20-7-15-24(16-8-20)35(33,34)23-13-5-19(6-14-23)25(26(28,29)30,17-1-9-21(31)10-2-17)18-3-11-22(32)12-4-18/h1-16,31-32H. The molecule has 0 aliphatic carbocycles. The van der Waals surface area contributed by atoms with E-state index in [1.807, 2.05) is 0 Å². The zero-order valence-corrected chi connectivity index (χ0v) is 18.7. The van der Waals surface area contributed by atoms with Gasteiger partial charge in [0, 0.05) is 0 Å². The van der Waals surface area contributed by atoms with Crippen LogP contribution in [0.2, 0.25) is 0 Å². The van der Waals surface area contributed by atoms with Crippen molar-refractivity contribution < 1.29 is 36.2 Å². The molecular formula is C26H18F4O4S. The molecule has 180 valence electrons. The number of phenols is 2. The van der Waals surface area contributed by atoms with Crippen molar-refractivity contribution in [2.45, 2.75) is 21.4 Å². The van der Waals surface area contributed by atoms with Crippen LogP contribution in [0.3, 0.4) is 0 Å². The van der Waals surface area contributed by atoms with Crippen LogP contribution in [0.5, 0.6) is 11.5 Å². The van der Waals surface area contributed by atoms with Gasteiger partial charge in [-0.15, -0.1) is 0 Å². The van der Waals surface area contributed by atoms with Crippen molar-refractivity contribution in [2.24, 2.45) is 0 Å². The van der Waals surface area contributed by atoms with Gasteiger partial charge in [-0.1, -0.05) is 36.4 Å². The van der Waals surface area contributed by atoms with E-state index in [0.717, 1.165) is 97.1 Å². The lowest BCUT2D eigenvalue weighted by molar-refractivity contribution is -0.166. The molecule has 0 fully saturated rings. The van der Waals surface area contributed by atoms with Crippen LogP contribution in [-0.2, 0) is 15.3 Å². The molecule has 0 atom stereocenters. The molecule has 4 rings (SSSR count). The molecule has 0 bridgehead atoms. The number of halogens is 4. The number of benzene rings is 4. The van der Waals surface area contributed by atoms with Crippen molar-refractivity contribution >= 4 is 9.84 Å². The van der Waals surface area contributed by atoms with Crippen LogP contribution in [0.15, 0.2) is 107 Å². The summed E-state index contributed by atoms with van der Waals surface area (Å²) in [7, 11) is -4.11. The Morgan fingerprint density at radius 1 is 0.543 bits per heavy atom. The first kappa shape index (κ1) is 24.3. The van der Waals surface area contributed by atoms with Crippen LogP contribution in [0.1, 0.15) is 16.7 Å². The summed E-state index contributed by atoms with van der Waals surface area (Å²) in [5.74, 6) is -1.08. The Kier molecular flexibility index (Phi) is 6.06. The molecule has 0 spiro atoms. The highest BCUT2D eigenvalue weighted by molar-refractivity contribution is 7.91. The molecule has 9 heteroatoms. The summed E-state index contributed by atoms with van der Waals surface area (Å²) in [6.07, 6.45) is -4.90. The molecule has 0 aromatic heterocycles. The minimum Gasteiger partial charge on any atom is -0.508 e. The van der Waals surface area contributed by atoms with E-state index in [1.54, 1.807) is 0 Å². The first-order valence-electron chi connectivity index (χ1n) is 10.2. The molecule has 0 saturated heterocycles. The zero-order chi connectivity index (χ0) is 25.4. The third kappa shape index (κ3) is 4.23. The van der Waals surface area contributed by atoms with E-state index in [-0.39, 0.29) is 38.0 Å². The molecular weight excluding hydrogens is 484 g/mol. The Balaban J connectivity index is 1.94. The van der Waals surface area contributed by atoms with Gasteiger partial charge in [0.05, 0.1) is 9.79 Å². The number of alkyl halides is 3. The second-order valence-corrected chi connectivity index (χ2v) is 9.77. The number of hydrogen-bond acceptors (Lipinski definition) is 4. The molecule has 0 aliphatic heterocycles. The average molecular weight is 502 g/mol. The van der Waals surface area contributed by atoms with Gasteiger partial charge in [0.2, 0.25) is 9.84 Å². The number of sulfone groups is 1. The lowest BCUT2D eigenvalue weighted by Crippen LogP contribution is -2.44.